The van der Waals surface area contributed by atoms with E-state index in [0.717, 1.165) is 6.07 Å². The molecule has 0 aliphatic rings. The van der Waals surface area contributed by atoms with E-state index in [2.05, 4.69) is 4.98 Å². The summed E-state index contributed by atoms with van der Waals surface area (Å²) in [4.78, 5) is 3.72. The first-order chi connectivity index (χ1) is 5.66. The summed E-state index contributed by atoms with van der Waals surface area (Å²) < 4.78 is 24.7. The molecule has 1 rings (SSSR count). The van der Waals surface area contributed by atoms with Crippen molar-refractivity contribution >= 4 is 22.6 Å². The van der Waals surface area contributed by atoms with Crippen molar-refractivity contribution in [3.8, 4) is 6.07 Å². The van der Waals surface area contributed by atoms with E-state index >= 15 is 0 Å². The fourth-order valence-electron chi connectivity index (χ4n) is 0.743. The van der Waals surface area contributed by atoms with Gasteiger partial charge in [-0.25, -0.2) is 13.8 Å². The van der Waals surface area contributed by atoms with E-state index in [4.69, 9.17) is 5.26 Å². The minimum absolute atomic E-state index is 0.0342. The Morgan fingerprint density at radius 2 is 2.25 bits per heavy atom. The van der Waals surface area contributed by atoms with Gasteiger partial charge in [-0.2, -0.15) is 5.26 Å². The Hall–Kier alpha value is -0.770. The molecule has 2 nitrogen and oxygen atoms in total. The molecule has 12 heavy (non-hydrogen) atoms. The Morgan fingerprint density at radius 1 is 1.58 bits per heavy atom. The number of aromatic nitrogens is 1. The first-order valence-corrected chi connectivity index (χ1v) is 4.07. The predicted molar refractivity (Wildman–Crippen MR) is 46.6 cm³/mol. The Balaban J connectivity index is 3.30. The third kappa shape index (κ3) is 1.69. The Bertz CT molecular complexity index is 333. The van der Waals surface area contributed by atoms with Gasteiger partial charge in [-0.1, -0.05) is 0 Å². The van der Waals surface area contributed by atoms with E-state index in [9.17, 15) is 8.78 Å². The zero-order valence-corrected chi connectivity index (χ0v) is 7.92. The maximum absolute atomic E-state index is 12.2. The minimum atomic E-state index is -2.61. The van der Waals surface area contributed by atoms with Crippen molar-refractivity contribution in [2.24, 2.45) is 0 Å². The van der Waals surface area contributed by atoms with E-state index in [0.29, 0.717) is 3.70 Å². The molecule has 5 heteroatoms. The number of rotatable bonds is 1. The lowest BCUT2D eigenvalue weighted by Crippen LogP contribution is -1.95. The highest BCUT2D eigenvalue weighted by molar-refractivity contribution is 14.1. The summed E-state index contributed by atoms with van der Waals surface area (Å²) in [5.41, 5.74) is -0.287. The van der Waals surface area contributed by atoms with Crippen LogP contribution in [0.1, 0.15) is 17.6 Å². The maximum atomic E-state index is 12.2. The fraction of sp³-hybridized carbons (Fsp3) is 0.143. The average Bonchev–Trinajstić information content (AvgIpc) is 2.03. The Labute approximate surface area is 81.4 Å². The summed E-state index contributed by atoms with van der Waals surface area (Å²) in [6, 6.07) is 2.85. The molecule has 0 saturated carbocycles. The van der Waals surface area contributed by atoms with Crippen molar-refractivity contribution in [1.29, 1.82) is 5.26 Å². The van der Waals surface area contributed by atoms with Gasteiger partial charge < -0.3 is 0 Å². The fourth-order valence-corrected chi connectivity index (χ4v) is 1.34. The topological polar surface area (TPSA) is 36.7 Å². The van der Waals surface area contributed by atoms with E-state index in [1.165, 1.54) is 6.20 Å². The summed E-state index contributed by atoms with van der Waals surface area (Å²) in [6.07, 6.45) is -1.35. The molecular weight excluding hydrogens is 277 g/mol. The summed E-state index contributed by atoms with van der Waals surface area (Å²) in [5, 5.41) is 8.52. The second-order valence-corrected chi connectivity index (χ2v) is 3.00. The molecule has 0 atom stereocenters. The number of halogens is 3. The molecule has 0 aliphatic heterocycles. The standard InChI is InChI=1S/C7H3F2IN2/c8-6(9)4-1-2-12-7(10)5(4)3-11/h1-2,6H. The van der Waals surface area contributed by atoms with Crippen LogP contribution in [0.5, 0.6) is 0 Å². The number of alkyl halides is 2. The molecule has 1 aromatic rings. The molecule has 62 valence electrons. The molecule has 0 amide bonds. The summed E-state index contributed by atoms with van der Waals surface area (Å²) in [6.45, 7) is 0. The number of hydrogen-bond donors (Lipinski definition) is 0. The van der Waals surface area contributed by atoms with Crippen molar-refractivity contribution in [3.63, 3.8) is 0 Å². The van der Waals surface area contributed by atoms with Gasteiger partial charge in [-0.15, -0.1) is 0 Å². The van der Waals surface area contributed by atoms with Crippen LogP contribution in [0.2, 0.25) is 0 Å². The molecule has 1 heterocycles. The molecule has 1 aromatic heterocycles. The van der Waals surface area contributed by atoms with Gasteiger partial charge in [-0.3, -0.25) is 0 Å². The first-order valence-electron chi connectivity index (χ1n) is 2.99. The zero-order chi connectivity index (χ0) is 9.14. The van der Waals surface area contributed by atoms with E-state index in [-0.39, 0.29) is 11.1 Å². The number of nitrogens with zero attached hydrogens (tertiary/aromatic N) is 2. The van der Waals surface area contributed by atoms with Crippen LogP contribution in [-0.4, -0.2) is 4.98 Å². The third-order valence-electron chi connectivity index (χ3n) is 1.28. The normalized spacial score (nSPS) is 9.92. The summed E-state index contributed by atoms with van der Waals surface area (Å²) in [5.74, 6) is 0. The van der Waals surface area contributed by atoms with Crippen LogP contribution in [0, 0.1) is 15.0 Å². The van der Waals surface area contributed by atoms with Crippen molar-refractivity contribution in [2.45, 2.75) is 6.43 Å². The number of pyridine rings is 1. The van der Waals surface area contributed by atoms with Crippen LogP contribution in [-0.2, 0) is 0 Å². The molecule has 0 aromatic carbocycles. The molecule has 0 bridgehead atoms. The summed E-state index contributed by atoms with van der Waals surface area (Å²) >= 11 is 1.75. The van der Waals surface area contributed by atoms with Crippen LogP contribution >= 0.6 is 22.6 Å². The van der Waals surface area contributed by atoms with E-state index < -0.39 is 6.43 Å². The van der Waals surface area contributed by atoms with Gasteiger partial charge in [0.15, 0.2) is 0 Å². The van der Waals surface area contributed by atoms with E-state index in [1.807, 2.05) is 0 Å². The lowest BCUT2D eigenvalue weighted by molar-refractivity contribution is 0.151. The minimum Gasteiger partial charge on any atom is -0.249 e. The second kappa shape index (κ2) is 3.76. The van der Waals surface area contributed by atoms with Crippen molar-refractivity contribution in [1.82, 2.24) is 4.98 Å². The predicted octanol–water partition coefficient (Wildman–Crippen LogP) is 2.50. The highest BCUT2D eigenvalue weighted by atomic mass is 127. The van der Waals surface area contributed by atoms with Gasteiger partial charge in [0.25, 0.3) is 6.43 Å². The van der Waals surface area contributed by atoms with Crippen molar-refractivity contribution in [3.05, 3.63) is 27.1 Å². The van der Waals surface area contributed by atoms with Gasteiger partial charge in [0.1, 0.15) is 9.77 Å². The second-order valence-electron chi connectivity index (χ2n) is 1.98. The molecule has 0 spiro atoms. The first kappa shape index (κ1) is 9.32. The SMILES string of the molecule is N#Cc1c(C(F)F)ccnc1I. The summed E-state index contributed by atoms with van der Waals surface area (Å²) in [7, 11) is 0. The lowest BCUT2D eigenvalue weighted by Gasteiger charge is -2.01. The maximum Gasteiger partial charge on any atom is 0.265 e. The van der Waals surface area contributed by atoms with Gasteiger partial charge in [0.2, 0.25) is 0 Å². The lowest BCUT2D eigenvalue weighted by atomic mass is 10.2. The molecule has 0 radical (unpaired) electrons. The quantitative estimate of drug-likeness (QED) is 0.585. The Kier molecular flexibility index (Phi) is 2.92. The molecule has 0 saturated heterocycles. The third-order valence-corrected chi connectivity index (χ3v) is 2.10. The average molecular weight is 280 g/mol. The van der Waals surface area contributed by atoms with Crippen molar-refractivity contribution < 1.29 is 8.78 Å². The van der Waals surface area contributed by atoms with Crippen LogP contribution in [0.15, 0.2) is 12.3 Å². The molecular formula is C7H3F2IN2. The zero-order valence-electron chi connectivity index (χ0n) is 5.76. The monoisotopic (exact) mass is 280 g/mol. The molecule has 0 N–H and O–H groups in total. The Morgan fingerprint density at radius 3 is 2.67 bits per heavy atom. The number of hydrogen-bond acceptors (Lipinski definition) is 2. The van der Waals surface area contributed by atoms with Crippen molar-refractivity contribution in [2.75, 3.05) is 0 Å². The van der Waals surface area contributed by atoms with Crippen LogP contribution in [0.3, 0.4) is 0 Å². The van der Waals surface area contributed by atoms with Gasteiger partial charge in [0, 0.05) is 11.8 Å². The highest BCUT2D eigenvalue weighted by Crippen LogP contribution is 2.24. The molecule has 0 unspecified atom stereocenters. The van der Waals surface area contributed by atoms with Crippen LogP contribution in [0.4, 0.5) is 8.78 Å². The van der Waals surface area contributed by atoms with Gasteiger partial charge in [-0.05, 0) is 28.7 Å². The van der Waals surface area contributed by atoms with Crippen LogP contribution in [0.25, 0.3) is 0 Å². The van der Waals surface area contributed by atoms with Gasteiger partial charge in [0.05, 0.1) is 5.56 Å². The highest BCUT2D eigenvalue weighted by Gasteiger charge is 2.15. The smallest absolute Gasteiger partial charge is 0.249 e. The van der Waals surface area contributed by atoms with E-state index in [1.54, 1.807) is 28.7 Å². The van der Waals surface area contributed by atoms with Gasteiger partial charge >= 0.3 is 0 Å². The number of nitriles is 1. The van der Waals surface area contributed by atoms with Crippen LogP contribution < -0.4 is 0 Å². The molecule has 0 aliphatic carbocycles. The largest absolute Gasteiger partial charge is 0.265 e. The molecule has 0 fully saturated rings.